The van der Waals surface area contributed by atoms with Gasteiger partial charge in [0.15, 0.2) is 0 Å². The predicted octanol–water partition coefficient (Wildman–Crippen LogP) is 3.09. The van der Waals surface area contributed by atoms with Gasteiger partial charge in [-0.1, -0.05) is 0 Å². The molecule has 0 heterocycles. The van der Waals surface area contributed by atoms with E-state index in [4.69, 9.17) is 9.47 Å². The van der Waals surface area contributed by atoms with Gasteiger partial charge >= 0.3 is 0 Å². The SMILES string of the molecule is CC(C)(C)O/C=C/OC(C)(C)C. The van der Waals surface area contributed by atoms with Gasteiger partial charge in [0.25, 0.3) is 0 Å². The quantitative estimate of drug-likeness (QED) is 0.596. The van der Waals surface area contributed by atoms with Crippen LogP contribution in [0.25, 0.3) is 0 Å². The van der Waals surface area contributed by atoms with Gasteiger partial charge in [-0.15, -0.1) is 0 Å². The van der Waals surface area contributed by atoms with Gasteiger partial charge in [0, 0.05) is 0 Å². The van der Waals surface area contributed by atoms with Crippen LogP contribution in [0.5, 0.6) is 0 Å². The third kappa shape index (κ3) is 9.34. The first-order chi connectivity index (χ1) is 5.21. The Hall–Kier alpha value is -0.660. The lowest BCUT2D eigenvalue weighted by molar-refractivity contribution is 0.0433. The lowest BCUT2D eigenvalue weighted by atomic mass is 10.2. The standard InChI is InChI=1S/C10H20O2/c1-9(2,3)11-7-8-12-10(4,5)6/h7-8H,1-6H3/b8-7+. The van der Waals surface area contributed by atoms with E-state index in [1.54, 1.807) is 12.5 Å². The molecule has 0 bridgehead atoms. The van der Waals surface area contributed by atoms with Crippen LogP contribution < -0.4 is 0 Å². The Morgan fingerprint density at radius 1 is 0.667 bits per heavy atom. The van der Waals surface area contributed by atoms with Crippen molar-refractivity contribution in [2.75, 3.05) is 0 Å². The van der Waals surface area contributed by atoms with Gasteiger partial charge in [-0.25, -0.2) is 0 Å². The maximum Gasteiger partial charge on any atom is 0.118 e. The summed E-state index contributed by atoms with van der Waals surface area (Å²) in [6, 6.07) is 0. The molecule has 0 aromatic heterocycles. The molecule has 0 atom stereocenters. The molecule has 2 nitrogen and oxygen atoms in total. The monoisotopic (exact) mass is 172 g/mol. The highest BCUT2D eigenvalue weighted by atomic mass is 16.5. The molecule has 0 spiro atoms. The van der Waals surface area contributed by atoms with Gasteiger partial charge < -0.3 is 9.47 Å². The van der Waals surface area contributed by atoms with Gasteiger partial charge in [0.2, 0.25) is 0 Å². The molecule has 0 aliphatic heterocycles. The van der Waals surface area contributed by atoms with Gasteiger partial charge in [-0.05, 0) is 41.5 Å². The summed E-state index contributed by atoms with van der Waals surface area (Å²) in [5.41, 5.74) is -0.282. The topological polar surface area (TPSA) is 18.5 Å². The first kappa shape index (κ1) is 11.3. The summed E-state index contributed by atoms with van der Waals surface area (Å²) in [6.45, 7) is 12.0. The minimum atomic E-state index is -0.141. The number of hydrogen-bond donors (Lipinski definition) is 0. The molecule has 0 aromatic rings. The molecule has 0 N–H and O–H groups in total. The van der Waals surface area contributed by atoms with Crippen molar-refractivity contribution in [2.24, 2.45) is 0 Å². The Kier molecular flexibility index (Phi) is 3.62. The first-order valence-electron chi connectivity index (χ1n) is 4.21. The van der Waals surface area contributed by atoms with E-state index >= 15 is 0 Å². The predicted molar refractivity (Wildman–Crippen MR) is 50.8 cm³/mol. The van der Waals surface area contributed by atoms with Crippen LogP contribution in [-0.4, -0.2) is 11.2 Å². The van der Waals surface area contributed by atoms with Crippen molar-refractivity contribution in [2.45, 2.75) is 52.7 Å². The van der Waals surface area contributed by atoms with Crippen molar-refractivity contribution in [3.05, 3.63) is 12.5 Å². The van der Waals surface area contributed by atoms with Gasteiger partial charge in [-0.3, -0.25) is 0 Å². The van der Waals surface area contributed by atoms with Gasteiger partial charge in [0.1, 0.15) is 12.5 Å². The Balaban J connectivity index is 3.66. The smallest absolute Gasteiger partial charge is 0.118 e. The van der Waals surface area contributed by atoms with Crippen molar-refractivity contribution in [1.29, 1.82) is 0 Å². The van der Waals surface area contributed by atoms with E-state index in [9.17, 15) is 0 Å². The maximum atomic E-state index is 5.32. The molecular weight excluding hydrogens is 152 g/mol. The minimum absolute atomic E-state index is 0.141. The molecule has 0 fully saturated rings. The molecule has 0 amide bonds. The molecule has 72 valence electrons. The largest absolute Gasteiger partial charge is 0.493 e. The molecule has 0 saturated carbocycles. The van der Waals surface area contributed by atoms with Crippen LogP contribution in [0.1, 0.15) is 41.5 Å². The molecular formula is C10H20O2. The lowest BCUT2D eigenvalue weighted by Crippen LogP contribution is -2.17. The van der Waals surface area contributed by atoms with Gasteiger partial charge in [0.05, 0.1) is 11.2 Å². The van der Waals surface area contributed by atoms with Crippen LogP contribution in [-0.2, 0) is 9.47 Å². The lowest BCUT2D eigenvalue weighted by Gasteiger charge is -2.20. The van der Waals surface area contributed by atoms with E-state index in [2.05, 4.69) is 0 Å². The van der Waals surface area contributed by atoms with Crippen molar-refractivity contribution < 1.29 is 9.47 Å². The van der Waals surface area contributed by atoms with Crippen molar-refractivity contribution >= 4 is 0 Å². The zero-order chi connectivity index (χ0) is 9.83. The average molecular weight is 172 g/mol. The zero-order valence-electron chi connectivity index (χ0n) is 8.97. The number of rotatable bonds is 2. The third-order valence-corrected chi connectivity index (χ3v) is 0.899. The summed E-state index contributed by atoms with van der Waals surface area (Å²) in [6.07, 6.45) is 3.18. The molecule has 0 saturated heterocycles. The Bertz CT molecular complexity index is 128. The van der Waals surface area contributed by atoms with E-state index < -0.39 is 0 Å². The van der Waals surface area contributed by atoms with Crippen molar-refractivity contribution in [3.63, 3.8) is 0 Å². The molecule has 0 rings (SSSR count). The van der Waals surface area contributed by atoms with Crippen LogP contribution >= 0.6 is 0 Å². The van der Waals surface area contributed by atoms with Crippen molar-refractivity contribution in [3.8, 4) is 0 Å². The number of ether oxygens (including phenoxy) is 2. The van der Waals surface area contributed by atoms with E-state index in [0.29, 0.717) is 0 Å². The van der Waals surface area contributed by atoms with E-state index in [-0.39, 0.29) is 11.2 Å². The summed E-state index contributed by atoms with van der Waals surface area (Å²) >= 11 is 0. The Morgan fingerprint density at radius 3 is 1.08 bits per heavy atom. The normalized spacial score (nSPS) is 13.5. The zero-order valence-corrected chi connectivity index (χ0v) is 8.97. The van der Waals surface area contributed by atoms with Crippen LogP contribution in [0.3, 0.4) is 0 Å². The Morgan fingerprint density at radius 2 is 0.917 bits per heavy atom. The third-order valence-electron chi connectivity index (χ3n) is 0.899. The maximum absolute atomic E-state index is 5.32. The Labute approximate surface area is 75.6 Å². The summed E-state index contributed by atoms with van der Waals surface area (Å²) in [7, 11) is 0. The van der Waals surface area contributed by atoms with E-state index in [1.165, 1.54) is 0 Å². The molecule has 12 heavy (non-hydrogen) atoms. The summed E-state index contributed by atoms with van der Waals surface area (Å²) in [5.74, 6) is 0. The van der Waals surface area contributed by atoms with Crippen LogP contribution in [0.2, 0.25) is 0 Å². The summed E-state index contributed by atoms with van der Waals surface area (Å²) < 4.78 is 10.6. The second-order valence-corrected chi connectivity index (χ2v) is 4.73. The highest BCUT2D eigenvalue weighted by molar-refractivity contribution is 4.72. The molecule has 0 unspecified atom stereocenters. The fourth-order valence-electron chi connectivity index (χ4n) is 0.464. The van der Waals surface area contributed by atoms with Crippen LogP contribution in [0, 0.1) is 0 Å². The second-order valence-electron chi connectivity index (χ2n) is 4.73. The number of hydrogen-bond acceptors (Lipinski definition) is 2. The van der Waals surface area contributed by atoms with Crippen molar-refractivity contribution in [1.82, 2.24) is 0 Å². The highest BCUT2D eigenvalue weighted by Gasteiger charge is 2.09. The fourth-order valence-corrected chi connectivity index (χ4v) is 0.464. The molecule has 2 heteroatoms. The molecule has 0 aliphatic carbocycles. The first-order valence-corrected chi connectivity index (χ1v) is 4.21. The molecule has 0 aromatic carbocycles. The minimum Gasteiger partial charge on any atom is -0.493 e. The summed E-state index contributed by atoms with van der Waals surface area (Å²) in [4.78, 5) is 0. The van der Waals surface area contributed by atoms with Crippen LogP contribution in [0.15, 0.2) is 12.5 Å². The highest BCUT2D eigenvalue weighted by Crippen LogP contribution is 2.09. The van der Waals surface area contributed by atoms with E-state index in [1.807, 2.05) is 41.5 Å². The summed E-state index contributed by atoms with van der Waals surface area (Å²) in [5, 5.41) is 0. The fraction of sp³-hybridized carbons (Fsp3) is 0.800. The van der Waals surface area contributed by atoms with Crippen LogP contribution in [0.4, 0.5) is 0 Å². The van der Waals surface area contributed by atoms with E-state index in [0.717, 1.165) is 0 Å². The van der Waals surface area contributed by atoms with Gasteiger partial charge in [-0.2, -0.15) is 0 Å². The molecule has 0 aliphatic rings. The molecule has 0 radical (unpaired) electrons. The average Bonchev–Trinajstić information content (AvgIpc) is 1.76. The second kappa shape index (κ2) is 3.83.